The molecular weight excluding hydrogens is 203 g/mol. The van der Waals surface area contributed by atoms with Crippen LogP contribution in [-0.2, 0) is 7.22 Å². The summed E-state index contributed by atoms with van der Waals surface area (Å²) in [5.41, 5.74) is 0. The van der Waals surface area contributed by atoms with E-state index in [2.05, 4.69) is 2.76 Å². The molecule has 0 saturated carbocycles. The predicted molar refractivity (Wildman–Crippen MR) is 23.8 cm³/mol. The van der Waals surface area contributed by atoms with Gasteiger partial charge in [-0.1, -0.05) is 0 Å². The standard InChI is InChI=1S/HIO3Si/c1-4-5(2)3/h2H. The fourth-order valence-corrected chi connectivity index (χ4v) is 0. The van der Waals surface area contributed by atoms with Gasteiger partial charge in [0.1, 0.15) is 0 Å². The van der Waals surface area contributed by atoms with Crippen LogP contribution < -0.4 is 0 Å². The smallest absolute Gasteiger partial charge is 0.511 e. The highest BCUT2D eigenvalue weighted by Crippen LogP contribution is 1.77. The normalized spacial score (nSPS) is 6.60. The van der Waals surface area contributed by atoms with Crippen LogP contribution in [0.4, 0.5) is 0 Å². The highest BCUT2D eigenvalue weighted by molar-refractivity contribution is 14.1. The zero-order chi connectivity index (χ0) is 4.28. The Bertz CT molecular complexity index is 42.2. The first kappa shape index (κ1) is 5.35. The summed E-state index contributed by atoms with van der Waals surface area (Å²) in [7, 11) is -2.64. The fourth-order valence-electron chi connectivity index (χ4n) is 0. The summed E-state index contributed by atoms with van der Waals surface area (Å²) >= 11 is 1.36. The van der Waals surface area contributed by atoms with Crippen LogP contribution in [0.1, 0.15) is 0 Å². The molecule has 30 valence electrons. The number of hydrogen-bond donors (Lipinski definition) is 1. The third kappa shape index (κ3) is 4.35. The topological polar surface area (TPSA) is 46.5 Å². The predicted octanol–water partition coefficient (Wildman–Crippen LogP) is -0.239. The van der Waals surface area contributed by atoms with Gasteiger partial charge in [0.25, 0.3) is 0 Å². The van der Waals surface area contributed by atoms with Gasteiger partial charge in [0, 0.05) is 0 Å². The maximum atomic E-state index is 9.32. The molecule has 0 saturated heterocycles. The Hall–Kier alpha value is 0.347. The van der Waals surface area contributed by atoms with Gasteiger partial charge in [0.2, 0.25) is 0 Å². The maximum Gasteiger partial charge on any atom is 0.774 e. The molecule has 3 nitrogen and oxygen atoms in total. The summed E-state index contributed by atoms with van der Waals surface area (Å²) in [6, 6.07) is 0. The second-order valence-corrected chi connectivity index (χ2v) is 2.35. The van der Waals surface area contributed by atoms with E-state index in [9.17, 15) is 4.46 Å². The Kier molecular flexibility index (Phi) is 2.76. The van der Waals surface area contributed by atoms with Crippen molar-refractivity contribution in [3.05, 3.63) is 0 Å². The Labute approximate surface area is 44.5 Å². The van der Waals surface area contributed by atoms with Gasteiger partial charge in [-0.15, -0.1) is 0 Å². The molecule has 0 aliphatic rings. The third-order valence-corrected chi connectivity index (χ3v) is 1.33. The molecule has 1 N–H and O–H groups in total. The molecule has 0 amide bonds. The van der Waals surface area contributed by atoms with Crippen molar-refractivity contribution < 1.29 is 12.0 Å². The van der Waals surface area contributed by atoms with E-state index in [4.69, 9.17) is 4.80 Å². The molecule has 0 heterocycles. The van der Waals surface area contributed by atoms with E-state index < -0.39 is 9.17 Å². The number of rotatable bonds is 1. The third-order valence-electron chi connectivity index (χ3n) is 0.0660. The Morgan fingerprint density at radius 1 is 2.00 bits per heavy atom. The van der Waals surface area contributed by atoms with Gasteiger partial charge in [-0.25, -0.2) is 0 Å². The SMILES string of the molecule is O=[Si](O)OI. The first-order valence-corrected chi connectivity index (χ1v) is 2.93. The van der Waals surface area contributed by atoms with Crippen LogP contribution in [-0.4, -0.2) is 14.0 Å². The van der Waals surface area contributed by atoms with Crippen molar-refractivity contribution in [1.82, 2.24) is 0 Å². The van der Waals surface area contributed by atoms with E-state index in [1.807, 2.05) is 0 Å². The first-order valence-electron chi connectivity index (χ1n) is 0.786. The molecule has 0 aromatic heterocycles. The molecular formula is HIO3Si. The summed E-state index contributed by atoms with van der Waals surface area (Å²) in [5, 5.41) is 0. The van der Waals surface area contributed by atoms with E-state index in [-0.39, 0.29) is 0 Å². The molecule has 0 aliphatic carbocycles. The van der Waals surface area contributed by atoms with Crippen molar-refractivity contribution in [3.8, 4) is 0 Å². The summed E-state index contributed by atoms with van der Waals surface area (Å²) in [6.07, 6.45) is 0. The molecule has 0 rings (SSSR count). The molecule has 5 heavy (non-hydrogen) atoms. The van der Waals surface area contributed by atoms with Crippen LogP contribution >= 0.6 is 23.0 Å². The quantitative estimate of drug-likeness (QED) is 0.473. The van der Waals surface area contributed by atoms with E-state index >= 15 is 0 Å². The minimum atomic E-state index is -2.64. The van der Waals surface area contributed by atoms with Crippen molar-refractivity contribution in [2.75, 3.05) is 0 Å². The van der Waals surface area contributed by atoms with Gasteiger partial charge in [0.15, 0.2) is 23.0 Å². The second kappa shape index (κ2) is 2.58. The highest BCUT2D eigenvalue weighted by Gasteiger charge is 1.95. The second-order valence-electron chi connectivity index (χ2n) is 0.343. The van der Waals surface area contributed by atoms with E-state index in [1.165, 1.54) is 23.0 Å². The highest BCUT2D eigenvalue weighted by atomic mass is 127. The van der Waals surface area contributed by atoms with Crippen LogP contribution in [0.3, 0.4) is 0 Å². The van der Waals surface area contributed by atoms with E-state index in [0.717, 1.165) is 0 Å². The lowest BCUT2D eigenvalue weighted by molar-refractivity contribution is 0.375. The monoisotopic (exact) mass is 204 g/mol. The van der Waals surface area contributed by atoms with Gasteiger partial charge < -0.3 is 7.55 Å². The molecule has 0 aromatic rings. The minimum absolute atomic E-state index is 1.36. The average Bonchev–Trinajstić information content (AvgIpc) is 1.38. The Morgan fingerprint density at radius 3 is 2.20 bits per heavy atom. The molecule has 0 radical (unpaired) electrons. The van der Waals surface area contributed by atoms with Crippen molar-refractivity contribution in [1.29, 1.82) is 0 Å². The fraction of sp³-hybridized carbons (Fsp3) is 0. The molecule has 5 heteroatoms. The molecule has 0 aliphatic heterocycles. The van der Waals surface area contributed by atoms with Crippen LogP contribution in [0.2, 0.25) is 0 Å². The maximum absolute atomic E-state index is 9.32. The van der Waals surface area contributed by atoms with Crippen molar-refractivity contribution in [2.45, 2.75) is 0 Å². The summed E-state index contributed by atoms with van der Waals surface area (Å²) < 4.78 is 13.1. The van der Waals surface area contributed by atoms with Crippen molar-refractivity contribution in [2.24, 2.45) is 0 Å². The Morgan fingerprint density at radius 2 is 2.20 bits per heavy atom. The summed E-state index contributed by atoms with van der Waals surface area (Å²) in [4.78, 5) is 7.68. The average molecular weight is 204 g/mol. The van der Waals surface area contributed by atoms with Crippen LogP contribution in [0.5, 0.6) is 0 Å². The lowest BCUT2D eigenvalue weighted by Gasteiger charge is -1.72. The molecule has 0 spiro atoms. The molecule has 0 aromatic carbocycles. The molecule has 0 unspecified atom stereocenters. The molecule has 0 bridgehead atoms. The van der Waals surface area contributed by atoms with Crippen LogP contribution in [0.25, 0.3) is 0 Å². The van der Waals surface area contributed by atoms with Gasteiger partial charge in [-0.3, -0.25) is 4.46 Å². The van der Waals surface area contributed by atoms with Crippen molar-refractivity contribution in [3.63, 3.8) is 0 Å². The van der Waals surface area contributed by atoms with E-state index in [1.54, 1.807) is 0 Å². The van der Waals surface area contributed by atoms with Gasteiger partial charge in [-0.05, 0) is 0 Å². The van der Waals surface area contributed by atoms with Crippen LogP contribution in [0, 0.1) is 0 Å². The largest absolute Gasteiger partial charge is 0.774 e. The minimum Gasteiger partial charge on any atom is -0.511 e. The first-order chi connectivity index (χ1) is 2.27. The van der Waals surface area contributed by atoms with Crippen LogP contribution in [0.15, 0.2) is 0 Å². The van der Waals surface area contributed by atoms with Gasteiger partial charge in [0.05, 0.1) is 0 Å². The number of halogens is 1. The lowest BCUT2D eigenvalue weighted by atomic mass is 15.8. The molecule has 0 atom stereocenters. The lowest BCUT2D eigenvalue weighted by Crippen LogP contribution is -1.93. The zero-order valence-corrected chi connectivity index (χ0v) is 5.30. The van der Waals surface area contributed by atoms with Gasteiger partial charge >= 0.3 is 9.17 Å². The number of hydrogen-bond acceptors (Lipinski definition) is 2. The van der Waals surface area contributed by atoms with Gasteiger partial charge in [-0.2, -0.15) is 0 Å². The molecule has 0 fully saturated rings. The summed E-state index contributed by atoms with van der Waals surface area (Å²) in [6.45, 7) is 0. The van der Waals surface area contributed by atoms with E-state index in [0.29, 0.717) is 0 Å². The zero-order valence-electron chi connectivity index (χ0n) is 2.14. The Balaban J connectivity index is 2.85. The van der Waals surface area contributed by atoms with Crippen molar-refractivity contribution >= 4 is 32.2 Å². The summed E-state index contributed by atoms with van der Waals surface area (Å²) in [5.74, 6) is 0.